The second kappa shape index (κ2) is 8.45. The molecule has 34 heavy (non-hydrogen) atoms. The third kappa shape index (κ3) is 4.15. The van der Waals surface area contributed by atoms with Gasteiger partial charge in [0, 0.05) is 38.0 Å². The van der Waals surface area contributed by atoms with Crippen molar-refractivity contribution in [2.75, 3.05) is 24.5 Å². The average Bonchev–Trinajstić information content (AvgIpc) is 3.16. The fourth-order valence-electron chi connectivity index (χ4n) is 5.03. The van der Waals surface area contributed by atoms with E-state index in [1.807, 2.05) is 48.4 Å². The van der Waals surface area contributed by atoms with E-state index in [0.717, 1.165) is 35.1 Å². The Labute approximate surface area is 197 Å². The lowest BCUT2D eigenvalue weighted by molar-refractivity contribution is -0.119. The van der Waals surface area contributed by atoms with E-state index in [2.05, 4.69) is 4.98 Å². The predicted molar refractivity (Wildman–Crippen MR) is 129 cm³/mol. The number of amides is 2. The van der Waals surface area contributed by atoms with Crippen molar-refractivity contribution >= 4 is 34.2 Å². The lowest BCUT2D eigenvalue weighted by atomic mass is 9.93. The van der Waals surface area contributed by atoms with Gasteiger partial charge in [0.2, 0.25) is 5.91 Å². The molecule has 0 aliphatic carbocycles. The molecule has 1 aromatic carbocycles. The van der Waals surface area contributed by atoms with Gasteiger partial charge in [-0.3, -0.25) is 9.59 Å². The summed E-state index contributed by atoms with van der Waals surface area (Å²) in [6.45, 7) is 7.36. The van der Waals surface area contributed by atoms with Gasteiger partial charge in [-0.25, -0.2) is 9.31 Å². The van der Waals surface area contributed by atoms with Gasteiger partial charge in [0.05, 0.1) is 22.3 Å². The fraction of sp³-hybridized carbons (Fsp3) is 0.520. The molecule has 0 unspecified atom stereocenters. The predicted octanol–water partition coefficient (Wildman–Crippen LogP) is 3.81. The Morgan fingerprint density at radius 2 is 1.88 bits per heavy atom. The zero-order valence-corrected chi connectivity index (χ0v) is 20.0. The van der Waals surface area contributed by atoms with Crippen molar-refractivity contribution in [2.45, 2.75) is 64.4 Å². The number of likely N-dealkylation sites (tertiary alicyclic amines) is 1. The number of H-pyrrole nitrogens is 1. The van der Waals surface area contributed by atoms with Gasteiger partial charge in [-0.1, -0.05) is 6.07 Å². The number of rotatable bonds is 2. The maximum atomic E-state index is 12.7. The van der Waals surface area contributed by atoms with Crippen LogP contribution < -0.4 is 10.5 Å². The number of aromatic amines is 1. The molecule has 9 heteroatoms. The monoisotopic (exact) mass is 465 g/mol. The van der Waals surface area contributed by atoms with Crippen molar-refractivity contribution in [3.63, 3.8) is 0 Å². The molecule has 1 N–H and O–H groups in total. The molecule has 2 aromatic heterocycles. The highest BCUT2D eigenvalue weighted by Crippen LogP contribution is 2.34. The summed E-state index contributed by atoms with van der Waals surface area (Å²) in [6, 6.07) is 7.35. The highest BCUT2D eigenvalue weighted by Gasteiger charge is 2.30. The Morgan fingerprint density at radius 1 is 1.12 bits per heavy atom. The highest BCUT2D eigenvalue weighted by molar-refractivity contribution is 6.08. The third-order valence-corrected chi connectivity index (χ3v) is 6.62. The number of fused-ring (bicyclic) bond motifs is 3. The molecule has 2 fully saturated rings. The van der Waals surface area contributed by atoms with Crippen LogP contribution in [0.15, 0.2) is 29.1 Å². The zero-order chi connectivity index (χ0) is 24.0. The summed E-state index contributed by atoms with van der Waals surface area (Å²) >= 11 is 0. The molecule has 3 aromatic rings. The minimum absolute atomic E-state index is 0.0814. The number of nitrogens with zero attached hydrogens (tertiary/aromatic N) is 4. The second-order valence-electron chi connectivity index (χ2n) is 10.2. The first-order chi connectivity index (χ1) is 16.2. The van der Waals surface area contributed by atoms with Gasteiger partial charge in [-0.05, 0) is 58.6 Å². The molecule has 0 atom stereocenters. The Morgan fingerprint density at radius 3 is 2.59 bits per heavy atom. The van der Waals surface area contributed by atoms with Gasteiger partial charge in [0.1, 0.15) is 11.2 Å². The molecule has 2 amide bonds. The summed E-state index contributed by atoms with van der Waals surface area (Å²) in [4.78, 5) is 44.3. The van der Waals surface area contributed by atoms with Crippen molar-refractivity contribution in [3.8, 4) is 0 Å². The van der Waals surface area contributed by atoms with Crippen LogP contribution in [0.5, 0.6) is 0 Å². The Bertz CT molecular complexity index is 1310. The van der Waals surface area contributed by atoms with E-state index in [1.165, 1.54) is 0 Å². The molecule has 2 saturated heterocycles. The number of aromatic nitrogens is 3. The number of benzene rings is 1. The van der Waals surface area contributed by atoms with Gasteiger partial charge in [-0.2, -0.15) is 5.10 Å². The van der Waals surface area contributed by atoms with E-state index in [4.69, 9.17) is 9.84 Å². The molecule has 2 aliphatic rings. The average molecular weight is 466 g/mol. The normalized spacial score (nSPS) is 18.1. The Kier molecular flexibility index (Phi) is 5.58. The summed E-state index contributed by atoms with van der Waals surface area (Å²) in [5.74, 6) is 0.184. The van der Waals surface area contributed by atoms with E-state index in [9.17, 15) is 14.4 Å². The van der Waals surface area contributed by atoms with Crippen LogP contribution in [0.3, 0.4) is 0 Å². The van der Waals surface area contributed by atoms with Crippen molar-refractivity contribution in [2.24, 2.45) is 0 Å². The lowest BCUT2D eigenvalue weighted by Crippen LogP contribution is -2.41. The lowest BCUT2D eigenvalue weighted by Gasteiger charge is -2.33. The largest absolute Gasteiger partial charge is 0.444 e. The molecule has 4 heterocycles. The molecule has 9 nitrogen and oxygen atoms in total. The SMILES string of the molecule is CC(C)(C)OC(=O)N1CCC(c2cc(=O)[nH]c3c4c(N5CCCCC5=O)cccc4nn23)CC1. The van der Waals surface area contributed by atoms with E-state index < -0.39 is 5.60 Å². The number of hydrogen-bond acceptors (Lipinski definition) is 5. The van der Waals surface area contributed by atoms with Crippen LogP contribution in [0, 0.1) is 0 Å². The van der Waals surface area contributed by atoms with Gasteiger partial charge < -0.3 is 19.5 Å². The van der Waals surface area contributed by atoms with Crippen LogP contribution in [0.1, 0.15) is 64.5 Å². The van der Waals surface area contributed by atoms with Gasteiger partial charge >= 0.3 is 6.09 Å². The van der Waals surface area contributed by atoms with Crippen molar-refractivity contribution in [3.05, 3.63) is 40.3 Å². The summed E-state index contributed by atoms with van der Waals surface area (Å²) in [7, 11) is 0. The van der Waals surface area contributed by atoms with Gasteiger partial charge in [0.15, 0.2) is 0 Å². The Balaban J connectivity index is 1.50. The van der Waals surface area contributed by atoms with Gasteiger partial charge in [0.25, 0.3) is 5.56 Å². The number of carbonyl (C=O) groups excluding carboxylic acids is 2. The minimum atomic E-state index is -0.532. The zero-order valence-electron chi connectivity index (χ0n) is 20.0. The summed E-state index contributed by atoms with van der Waals surface area (Å²) in [6.07, 6.45) is 3.52. The van der Waals surface area contributed by atoms with E-state index in [-0.39, 0.29) is 23.5 Å². The van der Waals surface area contributed by atoms with E-state index >= 15 is 0 Å². The minimum Gasteiger partial charge on any atom is -0.444 e. The van der Waals surface area contributed by atoms with Crippen molar-refractivity contribution in [1.82, 2.24) is 19.5 Å². The van der Waals surface area contributed by atoms with Crippen LogP contribution >= 0.6 is 0 Å². The van der Waals surface area contributed by atoms with Gasteiger partial charge in [-0.15, -0.1) is 0 Å². The standard InChI is InChI=1S/C25H31N5O4/c1-25(2,3)34-24(33)28-13-10-16(11-14-28)19-15-20(31)26-23-22-17(27-30(19)23)7-6-8-18(22)29-12-5-4-9-21(29)32/h6-8,15-16H,4-5,9-14H2,1-3H3,(H,26,31). The molecule has 0 saturated carbocycles. The molecular formula is C25H31N5O4. The number of piperidine rings is 2. The fourth-order valence-corrected chi connectivity index (χ4v) is 5.03. The first-order valence-electron chi connectivity index (χ1n) is 12.0. The number of ether oxygens (including phenoxy) is 1. The van der Waals surface area contributed by atoms with E-state index in [1.54, 1.807) is 11.0 Å². The first kappa shape index (κ1) is 22.4. The quantitative estimate of drug-likeness (QED) is 0.620. The summed E-state index contributed by atoms with van der Waals surface area (Å²) in [5.41, 5.74) is 2.25. The maximum Gasteiger partial charge on any atom is 0.410 e. The number of nitrogens with one attached hydrogen (secondary N) is 1. The number of anilines is 1. The van der Waals surface area contributed by atoms with Crippen molar-refractivity contribution in [1.29, 1.82) is 0 Å². The molecule has 0 bridgehead atoms. The molecule has 180 valence electrons. The molecule has 5 rings (SSSR count). The molecule has 2 aliphatic heterocycles. The van der Waals surface area contributed by atoms with Crippen LogP contribution in [0.25, 0.3) is 16.6 Å². The first-order valence-corrected chi connectivity index (χ1v) is 12.0. The highest BCUT2D eigenvalue weighted by atomic mass is 16.6. The smallest absolute Gasteiger partial charge is 0.410 e. The van der Waals surface area contributed by atoms with Crippen LogP contribution in [-0.2, 0) is 9.53 Å². The molecular weight excluding hydrogens is 434 g/mol. The van der Waals surface area contributed by atoms with Crippen LogP contribution in [0.4, 0.5) is 10.5 Å². The Hall–Kier alpha value is -3.36. The van der Waals surface area contributed by atoms with Crippen LogP contribution in [0.2, 0.25) is 0 Å². The third-order valence-electron chi connectivity index (χ3n) is 6.62. The summed E-state index contributed by atoms with van der Waals surface area (Å²) in [5, 5.41) is 5.61. The maximum absolute atomic E-state index is 12.7. The molecule has 0 radical (unpaired) electrons. The van der Waals surface area contributed by atoms with Crippen molar-refractivity contribution < 1.29 is 14.3 Å². The van der Waals surface area contributed by atoms with Crippen LogP contribution in [-0.4, -0.2) is 56.7 Å². The second-order valence-corrected chi connectivity index (χ2v) is 10.2. The van der Waals surface area contributed by atoms with E-state index in [0.29, 0.717) is 44.5 Å². The molecule has 0 spiro atoms. The number of carbonyl (C=O) groups is 2. The topological polar surface area (TPSA) is 100 Å². The number of hydrogen-bond donors (Lipinski definition) is 1. The summed E-state index contributed by atoms with van der Waals surface area (Å²) < 4.78 is 7.33.